The first-order valence-corrected chi connectivity index (χ1v) is 6.45. The molecule has 1 unspecified atom stereocenters. The monoisotopic (exact) mass is 244 g/mol. The molecule has 4 nitrogen and oxygen atoms in total. The van der Waals surface area contributed by atoms with Gasteiger partial charge in [-0.15, -0.1) is 0 Å². The molecule has 3 rings (SSSR count). The van der Waals surface area contributed by atoms with Crippen LogP contribution < -0.4 is 11.1 Å². The van der Waals surface area contributed by atoms with Gasteiger partial charge in [-0.2, -0.15) is 0 Å². The number of rotatable bonds is 2. The summed E-state index contributed by atoms with van der Waals surface area (Å²) in [6.45, 7) is 4.70. The topological polar surface area (TPSA) is 44.0 Å². The predicted octanol–water partition coefficient (Wildman–Crippen LogP) is 1.69. The van der Waals surface area contributed by atoms with E-state index in [1.54, 1.807) is 21.3 Å². The zero-order valence-electron chi connectivity index (χ0n) is 10.6. The van der Waals surface area contributed by atoms with E-state index < -0.39 is 0 Å². The Labute approximate surface area is 104 Å². The van der Waals surface area contributed by atoms with Gasteiger partial charge in [0.05, 0.1) is 6.04 Å². The van der Waals surface area contributed by atoms with Crippen LogP contribution in [0, 0.1) is 0 Å². The normalized spacial score (nSPS) is 17.6. The minimum Gasteiger partial charge on any atom is -0.292 e. The zero-order valence-corrected chi connectivity index (χ0v) is 10.6. The zero-order chi connectivity index (χ0) is 12.9. The molecule has 0 saturated heterocycles. The Morgan fingerprint density at radius 1 is 1.22 bits per heavy atom. The largest absolute Gasteiger partial charge is 0.292 e. The van der Waals surface area contributed by atoms with Gasteiger partial charge in [0.1, 0.15) is 5.65 Å². The minimum absolute atomic E-state index is 0.0140. The number of hydrogen-bond acceptors (Lipinski definition) is 2. The van der Waals surface area contributed by atoms with E-state index in [9.17, 15) is 9.59 Å². The van der Waals surface area contributed by atoms with Crippen LogP contribution in [-0.2, 0) is 13.0 Å². The van der Waals surface area contributed by atoms with Crippen molar-refractivity contribution < 1.29 is 0 Å². The molecule has 0 aliphatic carbocycles. The van der Waals surface area contributed by atoms with Crippen molar-refractivity contribution in [1.82, 2.24) is 9.13 Å². The summed E-state index contributed by atoms with van der Waals surface area (Å²) in [7, 11) is 0. The Morgan fingerprint density at radius 2 is 2.00 bits per heavy atom. The first kappa shape index (κ1) is 11.3. The Hall–Kier alpha value is -1.84. The Morgan fingerprint density at radius 3 is 2.67 bits per heavy atom. The van der Waals surface area contributed by atoms with Crippen LogP contribution in [0.15, 0.2) is 27.8 Å². The molecule has 3 heterocycles. The molecule has 1 aliphatic rings. The maximum absolute atomic E-state index is 12.2. The highest BCUT2D eigenvalue weighted by Gasteiger charge is 2.25. The SMILES string of the molecule is CCc1cc(=O)n2c3c1ccc(=O)n3CC2CC. The second-order valence-corrected chi connectivity index (χ2v) is 4.81. The lowest BCUT2D eigenvalue weighted by molar-refractivity contribution is 0.471. The van der Waals surface area contributed by atoms with Crippen LogP contribution in [-0.4, -0.2) is 9.13 Å². The van der Waals surface area contributed by atoms with Crippen LogP contribution in [0.25, 0.3) is 11.0 Å². The van der Waals surface area contributed by atoms with Gasteiger partial charge in [0, 0.05) is 24.1 Å². The summed E-state index contributed by atoms with van der Waals surface area (Å²) < 4.78 is 3.53. The van der Waals surface area contributed by atoms with Crippen molar-refractivity contribution in [2.45, 2.75) is 39.3 Å². The fourth-order valence-corrected chi connectivity index (χ4v) is 2.91. The van der Waals surface area contributed by atoms with E-state index in [0.717, 1.165) is 29.4 Å². The maximum Gasteiger partial charge on any atom is 0.252 e. The van der Waals surface area contributed by atoms with Crippen LogP contribution in [0.5, 0.6) is 0 Å². The van der Waals surface area contributed by atoms with Crippen molar-refractivity contribution in [3.05, 3.63) is 44.5 Å². The number of aromatic nitrogens is 2. The van der Waals surface area contributed by atoms with Gasteiger partial charge >= 0.3 is 0 Å². The molecule has 18 heavy (non-hydrogen) atoms. The fraction of sp³-hybridized carbons (Fsp3) is 0.429. The molecule has 2 aromatic heterocycles. The third-order valence-electron chi connectivity index (χ3n) is 3.88. The highest BCUT2D eigenvalue weighted by Crippen LogP contribution is 2.27. The van der Waals surface area contributed by atoms with E-state index >= 15 is 0 Å². The summed E-state index contributed by atoms with van der Waals surface area (Å²) in [5, 5.41) is 1.03. The molecule has 0 bridgehead atoms. The second kappa shape index (κ2) is 3.83. The molecule has 2 aromatic rings. The maximum atomic E-state index is 12.2. The van der Waals surface area contributed by atoms with E-state index in [1.807, 2.05) is 19.9 Å². The Balaban J connectivity index is 2.53. The molecular weight excluding hydrogens is 228 g/mol. The Bertz CT molecular complexity index is 740. The number of aryl methyl sites for hydroxylation is 1. The van der Waals surface area contributed by atoms with Gasteiger partial charge in [0.15, 0.2) is 0 Å². The molecule has 94 valence electrons. The number of pyridine rings is 2. The van der Waals surface area contributed by atoms with Gasteiger partial charge in [0.2, 0.25) is 0 Å². The molecule has 0 aromatic carbocycles. The van der Waals surface area contributed by atoms with Crippen molar-refractivity contribution in [3.63, 3.8) is 0 Å². The van der Waals surface area contributed by atoms with Crippen LogP contribution in [0.4, 0.5) is 0 Å². The molecular formula is C14H16N2O2. The van der Waals surface area contributed by atoms with Crippen molar-refractivity contribution in [2.75, 3.05) is 0 Å². The molecule has 1 atom stereocenters. The summed E-state index contributed by atoms with van der Waals surface area (Å²) in [5.41, 5.74) is 1.83. The smallest absolute Gasteiger partial charge is 0.252 e. The quantitative estimate of drug-likeness (QED) is 0.807. The minimum atomic E-state index is -0.0140. The Kier molecular flexibility index (Phi) is 2.40. The average Bonchev–Trinajstić information content (AvgIpc) is 2.77. The summed E-state index contributed by atoms with van der Waals surface area (Å²) in [5.74, 6) is 0. The third kappa shape index (κ3) is 1.32. The van der Waals surface area contributed by atoms with Gasteiger partial charge in [-0.05, 0) is 24.5 Å². The van der Waals surface area contributed by atoms with E-state index in [0.29, 0.717) is 6.54 Å². The lowest BCUT2D eigenvalue weighted by Gasteiger charge is -2.11. The highest BCUT2D eigenvalue weighted by molar-refractivity contribution is 5.80. The predicted molar refractivity (Wildman–Crippen MR) is 71.2 cm³/mol. The summed E-state index contributed by atoms with van der Waals surface area (Å²) in [6, 6.07) is 5.28. The molecule has 1 aliphatic heterocycles. The summed E-state index contributed by atoms with van der Waals surface area (Å²) in [4.78, 5) is 24.1. The second-order valence-electron chi connectivity index (χ2n) is 4.81. The third-order valence-corrected chi connectivity index (χ3v) is 3.88. The number of nitrogens with zero attached hydrogens (tertiary/aromatic N) is 2. The van der Waals surface area contributed by atoms with Crippen molar-refractivity contribution in [3.8, 4) is 0 Å². The fourth-order valence-electron chi connectivity index (χ4n) is 2.91. The molecule has 4 heteroatoms. The molecule has 0 saturated carbocycles. The lowest BCUT2D eigenvalue weighted by atomic mass is 10.1. The lowest BCUT2D eigenvalue weighted by Crippen LogP contribution is -2.22. The van der Waals surface area contributed by atoms with E-state index in [2.05, 4.69) is 0 Å². The molecule has 0 radical (unpaired) electrons. The standard InChI is InChI=1S/C14H16N2O2/c1-3-9-7-13(18)16-10(4-2)8-15-12(17)6-5-11(9)14(15)16/h5-7,10H,3-4,8H2,1-2H3. The molecule has 0 N–H and O–H groups in total. The molecule has 0 fully saturated rings. The van der Waals surface area contributed by atoms with Crippen molar-refractivity contribution >= 4 is 11.0 Å². The average molecular weight is 244 g/mol. The van der Waals surface area contributed by atoms with Gasteiger partial charge in [-0.3, -0.25) is 18.7 Å². The highest BCUT2D eigenvalue weighted by atomic mass is 16.1. The molecule has 0 amide bonds. The van der Waals surface area contributed by atoms with Gasteiger partial charge in [0.25, 0.3) is 11.1 Å². The van der Waals surface area contributed by atoms with Crippen LogP contribution in [0.1, 0.15) is 31.9 Å². The van der Waals surface area contributed by atoms with Gasteiger partial charge < -0.3 is 0 Å². The van der Waals surface area contributed by atoms with Gasteiger partial charge in [-0.1, -0.05) is 13.8 Å². The van der Waals surface area contributed by atoms with Crippen molar-refractivity contribution in [1.29, 1.82) is 0 Å². The summed E-state index contributed by atoms with van der Waals surface area (Å²) >= 11 is 0. The van der Waals surface area contributed by atoms with E-state index in [-0.39, 0.29) is 17.2 Å². The number of hydrogen-bond donors (Lipinski definition) is 0. The first-order chi connectivity index (χ1) is 8.67. The van der Waals surface area contributed by atoms with E-state index in [1.165, 1.54) is 0 Å². The van der Waals surface area contributed by atoms with E-state index in [4.69, 9.17) is 0 Å². The van der Waals surface area contributed by atoms with Gasteiger partial charge in [-0.25, -0.2) is 0 Å². The van der Waals surface area contributed by atoms with Crippen molar-refractivity contribution in [2.24, 2.45) is 0 Å². The summed E-state index contributed by atoms with van der Waals surface area (Å²) in [6.07, 6.45) is 1.67. The van der Waals surface area contributed by atoms with Crippen LogP contribution in [0.3, 0.4) is 0 Å². The van der Waals surface area contributed by atoms with Crippen LogP contribution >= 0.6 is 0 Å². The molecule has 0 spiro atoms. The van der Waals surface area contributed by atoms with Crippen LogP contribution in [0.2, 0.25) is 0 Å². The first-order valence-electron chi connectivity index (χ1n) is 6.45.